The minimum Gasteiger partial charge on any atom is -0.319 e. The lowest BCUT2D eigenvalue weighted by Gasteiger charge is -2.22. The van der Waals surface area contributed by atoms with Crippen LogP contribution in [0.5, 0.6) is 0 Å². The molecule has 1 N–H and O–H groups in total. The average molecular weight is 393 g/mol. The van der Waals surface area contributed by atoms with Gasteiger partial charge in [0.15, 0.2) is 4.96 Å². The van der Waals surface area contributed by atoms with Gasteiger partial charge in [-0.25, -0.2) is 9.78 Å². The maximum Gasteiger partial charge on any atom is 0.325 e. The number of hydrogen-bond acceptors (Lipinski definition) is 6. The van der Waals surface area contributed by atoms with E-state index in [1.165, 1.54) is 21.8 Å². The number of nitrogens with zero attached hydrogens (tertiary/aromatic N) is 4. The van der Waals surface area contributed by atoms with E-state index in [9.17, 15) is 14.4 Å². The molecule has 9 heteroatoms. The summed E-state index contributed by atoms with van der Waals surface area (Å²) < 4.78 is 1.49. The van der Waals surface area contributed by atoms with Crippen molar-refractivity contribution in [3.8, 4) is 6.07 Å². The number of imide groups is 1. The van der Waals surface area contributed by atoms with E-state index in [1.54, 1.807) is 31.2 Å². The lowest BCUT2D eigenvalue weighted by molar-refractivity contribution is -0.131. The van der Waals surface area contributed by atoms with Crippen LogP contribution in [0.1, 0.15) is 29.4 Å². The van der Waals surface area contributed by atoms with Gasteiger partial charge in [-0.3, -0.25) is 18.9 Å². The van der Waals surface area contributed by atoms with Crippen molar-refractivity contribution in [2.45, 2.75) is 25.9 Å². The van der Waals surface area contributed by atoms with Gasteiger partial charge in [0.25, 0.3) is 11.5 Å². The van der Waals surface area contributed by atoms with Crippen molar-refractivity contribution in [1.29, 1.82) is 5.26 Å². The van der Waals surface area contributed by atoms with Gasteiger partial charge in [0.05, 0.1) is 23.9 Å². The minimum absolute atomic E-state index is 0.0980. The van der Waals surface area contributed by atoms with Crippen LogP contribution in [-0.4, -0.2) is 26.2 Å². The summed E-state index contributed by atoms with van der Waals surface area (Å²) >= 11 is 1.32. The Kier molecular flexibility index (Phi) is 4.01. The fourth-order valence-electron chi connectivity index (χ4n) is 3.26. The van der Waals surface area contributed by atoms with Gasteiger partial charge in [0.1, 0.15) is 5.54 Å². The number of fused-ring (bicyclic) bond motifs is 1. The average Bonchev–Trinajstić information content (AvgIpc) is 3.15. The molecule has 0 radical (unpaired) electrons. The van der Waals surface area contributed by atoms with Gasteiger partial charge in [0, 0.05) is 17.1 Å². The van der Waals surface area contributed by atoms with E-state index in [0.29, 0.717) is 21.8 Å². The lowest BCUT2D eigenvalue weighted by Crippen LogP contribution is -2.40. The number of amides is 3. The van der Waals surface area contributed by atoms with Gasteiger partial charge in [0.2, 0.25) is 0 Å². The SMILES string of the molecule is Cc1csc2nc(CN3C(=O)NC(C)(c4ccc(C#N)cc4)C3=O)cc(=O)n12. The summed E-state index contributed by atoms with van der Waals surface area (Å²) in [6, 6.07) is 9.28. The molecule has 2 aromatic heterocycles. The molecule has 1 unspecified atom stereocenters. The number of urea groups is 1. The molecule has 8 nitrogen and oxygen atoms in total. The number of aryl methyl sites for hydroxylation is 1. The summed E-state index contributed by atoms with van der Waals surface area (Å²) in [5.41, 5.74) is 0.673. The topological polar surface area (TPSA) is 108 Å². The number of benzene rings is 1. The van der Waals surface area contributed by atoms with Crippen molar-refractivity contribution >= 4 is 28.2 Å². The van der Waals surface area contributed by atoms with Crippen LogP contribution < -0.4 is 10.9 Å². The van der Waals surface area contributed by atoms with Crippen molar-refractivity contribution in [3.05, 3.63) is 68.6 Å². The Bertz CT molecular complexity index is 1220. The summed E-state index contributed by atoms with van der Waals surface area (Å²) in [6.45, 7) is 3.33. The number of rotatable bonds is 3. The molecule has 1 saturated heterocycles. The molecule has 4 rings (SSSR count). The van der Waals surface area contributed by atoms with Crippen LogP contribution in [0, 0.1) is 18.3 Å². The molecule has 3 heterocycles. The third-order valence-corrected chi connectivity index (χ3v) is 5.76. The number of aromatic nitrogens is 2. The first-order valence-electron chi connectivity index (χ1n) is 8.45. The van der Waals surface area contributed by atoms with Gasteiger partial charge in [-0.1, -0.05) is 12.1 Å². The largest absolute Gasteiger partial charge is 0.325 e. The van der Waals surface area contributed by atoms with E-state index in [1.807, 2.05) is 18.4 Å². The van der Waals surface area contributed by atoms with Gasteiger partial charge in [-0.15, -0.1) is 11.3 Å². The van der Waals surface area contributed by atoms with Gasteiger partial charge >= 0.3 is 6.03 Å². The Morgan fingerprint density at radius 3 is 2.64 bits per heavy atom. The Labute approximate surface area is 163 Å². The first-order valence-corrected chi connectivity index (χ1v) is 9.33. The summed E-state index contributed by atoms with van der Waals surface area (Å²) in [4.78, 5) is 43.8. The van der Waals surface area contributed by atoms with Crippen molar-refractivity contribution in [3.63, 3.8) is 0 Å². The molecule has 28 heavy (non-hydrogen) atoms. The molecule has 1 aliphatic rings. The van der Waals surface area contributed by atoms with E-state index in [2.05, 4.69) is 10.3 Å². The standard InChI is InChI=1S/C19H15N5O3S/c1-11-10-28-18-21-14(7-15(25)24(11)18)9-23-16(26)19(2,22-17(23)27)13-5-3-12(8-20)4-6-13/h3-7,10H,9H2,1-2H3,(H,22,27). The molecule has 0 bridgehead atoms. The molecule has 140 valence electrons. The second-order valence-electron chi connectivity index (χ2n) is 6.72. The molecule has 0 spiro atoms. The number of nitriles is 1. The first kappa shape index (κ1) is 17.9. The molecule has 0 aliphatic carbocycles. The number of hydrogen-bond donors (Lipinski definition) is 1. The van der Waals surface area contributed by atoms with E-state index >= 15 is 0 Å². The van der Waals surface area contributed by atoms with Crippen molar-refractivity contribution < 1.29 is 9.59 Å². The molecule has 1 atom stereocenters. The monoisotopic (exact) mass is 393 g/mol. The van der Waals surface area contributed by atoms with Gasteiger partial charge < -0.3 is 5.32 Å². The Hall–Kier alpha value is -3.51. The number of thiazole rings is 1. The molecule has 3 amide bonds. The quantitative estimate of drug-likeness (QED) is 0.684. The van der Waals surface area contributed by atoms with E-state index < -0.39 is 17.5 Å². The van der Waals surface area contributed by atoms with Crippen LogP contribution in [0.25, 0.3) is 4.96 Å². The predicted molar refractivity (Wildman–Crippen MR) is 102 cm³/mol. The van der Waals surface area contributed by atoms with Gasteiger partial charge in [-0.05, 0) is 31.5 Å². The zero-order valence-corrected chi connectivity index (χ0v) is 15.9. The van der Waals surface area contributed by atoms with E-state index in [0.717, 1.165) is 10.6 Å². The molecular formula is C19H15N5O3S. The molecular weight excluding hydrogens is 378 g/mol. The first-order chi connectivity index (χ1) is 13.3. The normalized spacial score (nSPS) is 19.1. The molecule has 1 aromatic carbocycles. The van der Waals surface area contributed by atoms with Crippen LogP contribution in [0.4, 0.5) is 4.79 Å². The summed E-state index contributed by atoms with van der Waals surface area (Å²) in [5.74, 6) is -0.438. The number of carbonyl (C=O) groups excluding carboxylic acids is 2. The van der Waals surface area contributed by atoms with Gasteiger partial charge in [-0.2, -0.15) is 5.26 Å². The Morgan fingerprint density at radius 1 is 1.25 bits per heavy atom. The maximum absolute atomic E-state index is 13.0. The highest BCUT2D eigenvalue weighted by atomic mass is 32.1. The van der Waals surface area contributed by atoms with Crippen LogP contribution in [0.15, 0.2) is 40.5 Å². The fraction of sp³-hybridized carbons (Fsp3) is 0.211. The highest BCUT2D eigenvalue weighted by Gasteiger charge is 2.49. The third-order valence-electron chi connectivity index (χ3n) is 4.82. The summed E-state index contributed by atoms with van der Waals surface area (Å²) in [5, 5.41) is 13.5. The van der Waals surface area contributed by atoms with Crippen LogP contribution >= 0.6 is 11.3 Å². The summed E-state index contributed by atoms with van der Waals surface area (Å²) in [6.07, 6.45) is 0. The zero-order valence-electron chi connectivity index (χ0n) is 15.1. The smallest absolute Gasteiger partial charge is 0.319 e. The van der Waals surface area contributed by atoms with Crippen molar-refractivity contribution in [2.75, 3.05) is 0 Å². The maximum atomic E-state index is 13.0. The zero-order chi connectivity index (χ0) is 20.1. The molecule has 1 fully saturated rings. The van der Waals surface area contributed by atoms with Crippen molar-refractivity contribution in [1.82, 2.24) is 19.6 Å². The van der Waals surface area contributed by atoms with Crippen LogP contribution in [-0.2, 0) is 16.9 Å². The second-order valence-corrected chi connectivity index (χ2v) is 7.55. The lowest BCUT2D eigenvalue weighted by atomic mass is 9.91. The molecule has 3 aromatic rings. The Balaban J connectivity index is 1.66. The Morgan fingerprint density at radius 2 is 1.96 bits per heavy atom. The highest BCUT2D eigenvalue weighted by Crippen LogP contribution is 2.29. The third kappa shape index (κ3) is 2.66. The molecule has 1 aliphatic heterocycles. The van der Waals surface area contributed by atoms with Crippen molar-refractivity contribution in [2.24, 2.45) is 0 Å². The minimum atomic E-state index is -1.25. The van der Waals surface area contributed by atoms with E-state index in [-0.39, 0.29) is 12.1 Å². The fourth-order valence-corrected chi connectivity index (χ4v) is 4.15. The summed E-state index contributed by atoms with van der Waals surface area (Å²) in [7, 11) is 0. The van der Waals surface area contributed by atoms with Crippen LogP contribution in [0.3, 0.4) is 0 Å². The van der Waals surface area contributed by atoms with E-state index in [4.69, 9.17) is 5.26 Å². The molecule has 0 saturated carbocycles. The highest BCUT2D eigenvalue weighted by molar-refractivity contribution is 7.15. The number of nitrogens with one attached hydrogen (secondary N) is 1. The second kappa shape index (κ2) is 6.28. The van der Waals surface area contributed by atoms with Crippen LogP contribution in [0.2, 0.25) is 0 Å². The predicted octanol–water partition coefficient (Wildman–Crippen LogP) is 1.90. The number of carbonyl (C=O) groups is 2.